The molecule has 1 aliphatic rings. The van der Waals surface area contributed by atoms with Gasteiger partial charge >= 0.3 is 0 Å². The number of aromatic hydroxyl groups is 1. The van der Waals surface area contributed by atoms with Crippen molar-refractivity contribution in [2.75, 3.05) is 39.8 Å². The fraction of sp³-hybridized carbons (Fsp3) is 0.500. The Morgan fingerprint density at radius 1 is 1.04 bits per heavy atom. The van der Waals surface area contributed by atoms with Crippen LogP contribution >= 0.6 is 0 Å². The molecule has 4 nitrogen and oxygen atoms in total. The van der Waals surface area contributed by atoms with Gasteiger partial charge < -0.3 is 14.7 Å². The fourth-order valence-electron chi connectivity index (χ4n) is 3.51. The normalized spacial score (nSPS) is 16.8. The molecule has 2 aromatic carbocycles. The van der Waals surface area contributed by atoms with E-state index in [1.54, 1.807) is 13.2 Å². The fourth-order valence-corrected chi connectivity index (χ4v) is 3.51. The van der Waals surface area contributed by atoms with Gasteiger partial charge in [-0.15, -0.1) is 0 Å². The third kappa shape index (κ3) is 3.82. The van der Waals surface area contributed by atoms with Crippen LogP contribution in [-0.4, -0.2) is 54.7 Å². The number of phenolic OH excluding ortho intramolecular Hbond substituents is 1. The summed E-state index contributed by atoms with van der Waals surface area (Å²) in [6.45, 7) is 10.8. The van der Waals surface area contributed by atoms with Crippen molar-refractivity contribution in [2.45, 2.75) is 20.4 Å². The van der Waals surface area contributed by atoms with Gasteiger partial charge in [0.15, 0.2) is 0 Å². The summed E-state index contributed by atoms with van der Waals surface area (Å²) in [7, 11) is 1.68. The van der Waals surface area contributed by atoms with Gasteiger partial charge in [-0.2, -0.15) is 0 Å². The molecule has 0 bridgehead atoms. The Morgan fingerprint density at radius 3 is 2.38 bits per heavy atom. The van der Waals surface area contributed by atoms with Crippen LogP contribution in [-0.2, 0) is 6.54 Å². The standard InChI is InChI=1S/C20H28N2O2/c1-15(2)13-21-8-10-22(11-9-21)14-19-18-12-17(24-3)6-4-16(18)5-7-20(19)23/h4-7,12,15,23H,8-11,13-14H2,1-3H3. The first-order chi connectivity index (χ1) is 11.6. The van der Waals surface area contributed by atoms with E-state index in [4.69, 9.17) is 4.74 Å². The highest BCUT2D eigenvalue weighted by atomic mass is 16.5. The summed E-state index contributed by atoms with van der Waals surface area (Å²) in [5, 5.41) is 12.6. The van der Waals surface area contributed by atoms with Crippen molar-refractivity contribution in [1.29, 1.82) is 0 Å². The molecule has 0 amide bonds. The van der Waals surface area contributed by atoms with Gasteiger partial charge in [0.25, 0.3) is 0 Å². The maximum atomic E-state index is 10.4. The van der Waals surface area contributed by atoms with Gasteiger partial charge in [0, 0.05) is 44.8 Å². The molecule has 0 aliphatic carbocycles. The molecule has 0 atom stereocenters. The molecule has 0 spiro atoms. The zero-order valence-electron chi connectivity index (χ0n) is 15.0. The second kappa shape index (κ2) is 7.41. The topological polar surface area (TPSA) is 35.9 Å². The SMILES string of the molecule is COc1ccc2ccc(O)c(CN3CCN(CC(C)C)CC3)c2c1. The van der Waals surface area contributed by atoms with Crippen molar-refractivity contribution in [1.82, 2.24) is 9.80 Å². The van der Waals surface area contributed by atoms with Gasteiger partial charge in [-0.1, -0.05) is 26.0 Å². The molecule has 1 aliphatic heterocycles. The van der Waals surface area contributed by atoms with E-state index in [2.05, 4.69) is 29.7 Å². The van der Waals surface area contributed by atoms with Crippen LogP contribution in [0.4, 0.5) is 0 Å². The first kappa shape index (κ1) is 17.1. The van der Waals surface area contributed by atoms with Gasteiger partial charge in [0.05, 0.1) is 7.11 Å². The molecule has 0 radical (unpaired) electrons. The molecule has 1 fully saturated rings. The van der Waals surface area contributed by atoms with Crippen molar-refractivity contribution >= 4 is 10.8 Å². The number of hydrogen-bond donors (Lipinski definition) is 1. The maximum absolute atomic E-state index is 10.4. The van der Waals surface area contributed by atoms with Gasteiger partial charge in [-0.25, -0.2) is 0 Å². The Kier molecular flexibility index (Phi) is 5.27. The Labute approximate surface area is 144 Å². The number of phenols is 1. The van der Waals surface area contributed by atoms with E-state index >= 15 is 0 Å². The summed E-state index contributed by atoms with van der Waals surface area (Å²) in [5.41, 5.74) is 1.00. The first-order valence-electron chi connectivity index (χ1n) is 8.80. The number of hydrogen-bond acceptors (Lipinski definition) is 4. The Balaban J connectivity index is 1.76. The highest BCUT2D eigenvalue weighted by Crippen LogP contribution is 2.31. The molecule has 0 saturated carbocycles. The van der Waals surface area contributed by atoms with E-state index in [9.17, 15) is 5.11 Å². The summed E-state index contributed by atoms with van der Waals surface area (Å²) >= 11 is 0. The number of piperazine rings is 1. The van der Waals surface area contributed by atoms with Crippen LogP contribution in [0.25, 0.3) is 10.8 Å². The van der Waals surface area contributed by atoms with Gasteiger partial charge in [-0.3, -0.25) is 4.90 Å². The average molecular weight is 328 g/mol. The van der Waals surface area contributed by atoms with E-state index < -0.39 is 0 Å². The second-order valence-electron chi connectivity index (χ2n) is 7.12. The molecular formula is C20H28N2O2. The van der Waals surface area contributed by atoms with Crippen molar-refractivity contribution in [3.05, 3.63) is 35.9 Å². The monoisotopic (exact) mass is 328 g/mol. The maximum Gasteiger partial charge on any atom is 0.120 e. The minimum Gasteiger partial charge on any atom is -0.508 e. The second-order valence-corrected chi connectivity index (χ2v) is 7.12. The van der Waals surface area contributed by atoms with Crippen LogP contribution in [0.1, 0.15) is 19.4 Å². The van der Waals surface area contributed by atoms with E-state index in [1.807, 2.05) is 18.2 Å². The Hall–Kier alpha value is -1.78. The van der Waals surface area contributed by atoms with Gasteiger partial charge in [0.1, 0.15) is 11.5 Å². The van der Waals surface area contributed by atoms with Gasteiger partial charge in [-0.05, 0) is 34.9 Å². The van der Waals surface area contributed by atoms with Crippen LogP contribution in [0.2, 0.25) is 0 Å². The molecule has 1 saturated heterocycles. The van der Waals surface area contributed by atoms with E-state index in [-0.39, 0.29) is 0 Å². The number of methoxy groups -OCH3 is 1. The van der Waals surface area contributed by atoms with E-state index in [0.717, 1.165) is 54.8 Å². The van der Waals surface area contributed by atoms with Crippen molar-refractivity contribution in [3.63, 3.8) is 0 Å². The van der Waals surface area contributed by atoms with Crippen LogP contribution in [0, 0.1) is 5.92 Å². The minimum atomic E-state index is 0.375. The largest absolute Gasteiger partial charge is 0.508 e. The van der Waals surface area contributed by atoms with Crippen LogP contribution in [0.15, 0.2) is 30.3 Å². The summed E-state index contributed by atoms with van der Waals surface area (Å²) in [5.74, 6) is 1.92. The zero-order chi connectivity index (χ0) is 17.1. The lowest BCUT2D eigenvalue weighted by Gasteiger charge is -2.35. The molecule has 0 aromatic heterocycles. The third-order valence-corrected chi connectivity index (χ3v) is 4.79. The molecule has 2 aromatic rings. The van der Waals surface area contributed by atoms with Crippen LogP contribution in [0.3, 0.4) is 0 Å². The van der Waals surface area contributed by atoms with E-state index in [0.29, 0.717) is 11.7 Å². The Morgan fingerprint density at radius 2 is 1.71 bits per heavy atom. The molecule has 3 rings (SSSR count). The summed E-state index contributed by atoms with van der Waals surface area (Å²) in [4.78, 5) is 4.97. The quantitative estimate of drug-likeness (QED) is 0.913. The Bertz CT molecular complexity index is 691. The first-order valence-corrected chi connectivity index (χ1v) is 8.80. The third-order valence-electron chi connectivity index (χ3n) is 4.79. The molecule has 1 heterocycles. The van der Waals surface area contributed by atoms with Crippen molar-refractivity contribution in [2.24, 2.45) is 5.92 Å². The van der Waals surface area contributed by atoms with E-state index in [1.165, 1.54) is 6.54 Å². The van der Waals surface area contributed by atoms with Crippen molar-refractivity contribution in [3.8, 4) is 11.5 Å². The van der Waals surface area contributed by atoms with Crippen LogP contribution in [0.5, 0.6) is 11.5 Å². The van der Waals surface area contributed by atoms with Crippen molar-refractivity contribution < 1.29 is 9.84 Å². The molecule has 1 N–H and O–H groups in total. The number of ether oxygens (including phenoxy) is 1. The number of fused-ring (bicyclic) bond motifs is 1. The lowest BCUT2D eigenvalue weighted by atomic mass is 10.0. The lowest BCUT2D eigenvalue weighted by molar-refractivity contribution is 0.117. The molecule has 24 heavy (non-hydrogen) atoms. The smallest absolute Gasteiger partial charge is 0.120 e. The number of nitrogens with zero attached hydrogens (tertiary/aromatic N) is 2. The minimum absolute atomic E-state index is 0.375. The molecule has 4 heteroatoms. The zero-order valence-corrected chi connectivity index (χ0v) is 15.0. The predicted octanol–water partition coefficient (Wildman–Crippen LogP) is 3.33. The highest BCUT2D eigenvalue weighted by Gasteiger charge is 2.19. The number of benzene rings is 2. The van der Waals surface area contributed by atoms with Crippen LogP contribution < -0.4 is 4.74 Å². The summed E-state index contributed by atoms with van der Waals surface area (Å²) < 4.78 is 5.36. The number of rotatable bonds is 5. The summed E-state index contributed by atoms with van der Waals surface area (Å²) in [6, 6.07) is 9.82. The average Bonchev–Trinajstić information content (AvgIpc) is 2.58. The molecular weight excluding hydrogens is 300 g/mol. The molecule has 130 valence electrons. The summed E-state index contributed by atoms with van der Waals surface area (Å²) in [6.07, 6.45) is 0. The predicted molar refractivity (Wildman–Crippen MR) is 98.7 cm³/mol. The lowest BCUT2D eigenvalue weighted by Crippen LogP contribution is -2.46. The molecule has 0 unspecified atom stereocenters. The highest BCUT2D eigenvalue weighted by molar-refractivity contribution is 5.88. The van der Waals surface area contributed by atoms with Gasteiger partial charge in [0.2, 0.25) is 0 Å².